The van der Waals surface area contributed by atoms with E-state index in [0.717, 1.165) is 17.7 Å². The Balaban J connectivity index is 1.28. The second-order valence-electron chi connectivity index (χ2n) is 7.36. The van der Waals surface area contributed by atoms with Crippen molar-refractivity contribution in [2.24, 2.45) is 0 Å². The van der Waals surface area contributed by atoms with Crippen LogP contribution in [0.15, 0.2) is 109 Å². The smallest absolute Gasteiger partial charge is 0.255 e. The third kappa shape index (κ3) is 6.22. The third-order valence-electron chi connectivity index (χ3n) is 4.96. The predicted molar refractivity (Wildman–Crippen MR) is 127 cm³/mol. The molecule has 0 aromatic heterocycles. The van der Waals surface area contributed by atoms with Crippen LogP contribution in [-0.2, 0) is 13.0 Å². The second kappa shape index (κ2) is 10.8. The van der Waals surface area contributed by atoms with Gasteiger partial charge in [0, 0.05) is 17.7 Å². The molecule has 4 aromatic rings. The summed E-state index contributed by atoms with van der Waals surface area (Å²) in [4.78, 5) is 12.7. The van der Waals surface area contributed by atoms with Crippen molar-refractivity contribution in [3.05, 3.63) is 126 Å². The van der Waals surface area contributed by atoms with Crippen LogP contribution in [0, 0.1) is 0 Å². The number of carbonyl (C=O) groups excluding carboxylic acids is 1. The number of carbonyl (C=O) groups is 1. The minimum atomic E-state index is -0.187. The molecule has 0 aliphatic rings. The molecule has 0 heterocycles. The molecule has 0 radical (unpaired) electrons. The molecule has 4 rings (SSSR count). The molecule has 4 heteroatoms. The fraction of sp³-hybridized carbons (Fsp3) is 0.107. The summed E-state index contributed by atoms with van der Waals surface area (Å²) < 4.78 is 11.6. The highest BCUT2D eigenvalue weighted by Crippen LogP contribution is 2.19. The Bertz CT molecular complexity index is 1130. The van der Waals surface area contributed by atoms with E-state index in [1.165, 1.54) is 5.56 Å². The summed E-state index contributed by atoms with van der Waals surface area (Å²) in [5.41, 5.74) is 3.57. The molecular formula is C28H25NO3. The number of benzene rings is 4. The Morgan fingerprint density at radius 1 is 0.656 bits per heavy atom. The van der Waals surface area contributed by atoms with Gasteiger partial charge in [-0.2, -0.15) is 0 Å². The van der Waals surface area contributed by atoms with Crippen LogP contribution in [0.3, 0.4) is 0 Å². The molecule has 32 heavy (non-hydrogen) atoms. The SMILES string of the molecule is O=C(Nc1ccc(OCCc2ccccc2)cc1)c1cccc(OCc2ccccc2)c1. The van der Waals surface area contributed by atoms with Gasteiger partial charge in [0.2, 0.25) is 0 Å². The molecule has 0 saturated carbocycles. The summed E-state index contributed by atoms with van der Waals surface area (Å²) in [7, 11) is 0. The molecule has 0 spiro atoms. The molecule has 0 aliphatic carbocycles. The predicted octanol–water partition coefficient (Wildman–Crippen LogP) is 6.14. The number of hydrogen-bond acceptors (Lipinski definition) is 3. The van der Waals surface area contributed by atoms with E-state index >= 15 is 0 Å². The van der Waals surface area contributed by atoms with Gasteiger partial charge in [-0.25, -0.2) is 0 Å². The maximum Gasteiger partial charge on any atom is 0.255 e. The highest BCUT2D eigenvalue weighted by Gasteiger charge is 2.08. The number of hydrogen-bond donors (Lipinski definition) is 1. The van der Waals surface area contributed by atoms with E-state index in [9.17, 15) is 4.79 Å². The normalized spacial score (nSPS) is 10.4. The number of amides is 1. The first-order chi connectivity index (χ1) is 15.8. The van der Waals surface area contributed by atoms with Crippen molar-refractivity contribution < 1.29 is 14.3 Å². The van der Waals surface area contributed by atoms with E-state index in [0.29, 0.717) is 30.2 Å². The van der Waals surface area contributed by atoms with Crippen LogP contribution in [-0.4, -0.2) is 12.5 Å². The van der Waals surface area contributed by atoms with Gasteiger partial charge in [0.1, 0.15) is 18.1 Å². The minimum absolute atomic E-state index is 0.187. The van der Waals surface area contributed by atoms with Gasteiger partial charge in [-0.3, -0.25) is 4.79 Å². The molecule has 4 aromatic carbocycles. The van der Waals surface area contributed by atoms with Gasteiger partial charge < -0.3 is 14.8 Å². The van der Waals surface area contributed by atoms with Gasteiger partial charge in [-0.05, 0) is 53.6 Å². The monoisotopic (exact) mass is 423 g/mol. The summed E-state index contributed by atoms with van der Waals surface area (Å²) in [5.74, 6) is 1.24. The molecule has 160 valence electrons. The fourth-order valence-electron chi connectivity index (χ4n) is 3.24. The number of anilines is 1. The average Bonchev–Trinajstić information content (AvgIpc) is 2.85. The van der Waals surface area contributed by atoms with Gasteiger partial charge in [-0.15, -0.1) is 0 Å². The van der Waals surface area contributed by atoms with Crippen molar-refractivity contribution in [2.45, 2.75) is 13.0 Å². The molecule has 0 fully saturated rings. The molecule has 0 saturated heterocycles. The molecule has 0 atom stereocenters. The van der Waals surface area contributed by atoms with Gasteiger partial charge in [0.15, 0.2) is 0 Å². The van der Waals surface area contributed by atoms with Crippen molar-refractivity contribution in [1.82, 2.24) is 0 Å². The van der Waals surface area contributed by atoms with E-state index in [1.54, 1.807) is 12.1 Å². The van der Waals surface area contributed by atoms with E-state index in [4.69, 9.17) is 9.47 Å². The summed E-state index contributed by atoms with van der Waals surface area (Å²) in [6.07, 6.45) is 0.849. The lowest BCUT2D eigenvalue weighted by molar-refractivity contribution is 0.102. The van der Waals surface area contributed by atoms with Crippen molar-refractivity contribution in [2.75, 3.05) is 11.9 Å². The summed E-state index contributed by atoms with van der Waals surface area (Å²) in [6.45, 7) is 1.06. The molecule has 0 aliphatic heterocycles. The van der Waals surface area contributed by atoms with Crippen LogP contribution in [0.4, 0.5) is 5.69 Å². The van der Waals surface area contributed by atoms with Gasteiger partial charge >= 0.3 is 0 Å². The van der Waals surface area contributed by atoms with Crippen molar-refractivity contribution in [1.29, 1.82) is 0 Å². The Morgan fingerprint density at radius 2 is 1.34 bits per heavy atom. The first-order valence-electron chi connectivity index (χ1n) is 10.6. The van der Waals surface area contributed by atoms with E-state index < -0.39 is 0 Å². The quantitative estimate of drug-likeness (QED) is 0.352. The molecule has 0 unspecified atom stereocenters. The van der Waals surface area contributed by atoms with Crippen LogP contribution in [0.1, 0.15) is 21.5 Å². The first-order valence-corrected chi connectivity index (χ1v) is 10.6. The van der Waals surface area contributed by atoms with E-state index in [1.807, 2.05) is 84.9 Å². The second-order valence-corrected chi connectivity index (χ2v) is 7.36. The van der Waals surface area contributed by atoms with E-state index in [-0.39, 0.29) is 5.91 Å². The number of ether oxygens (including phenoxy) is 2. The minimum Gasteiger partial charge on any atom is -0.493 e. The van der Waals surface area contributed by atoms with Crippen molar-refractivity contribution in [3.63, 3.8) is 0 Å². The van der Waals surface area contributed by atoms with Gasteiger partial charge in [-0.1, -0.05) is 66.7 Å². The zero-order valence-electron chi connectivity index (χ0n) is 17.7. The Kier molecular flexibility index (Phi) is 7.17. The lowest BCUT2D eigenvalue weighted by Gasteiger charge is -2.10. The summed E-state index contributed by atoms with van der Waals surface area (Å²) >= 11 is 0. The maximum absolute atomic E-state index is 12.7. The zero-order valence-corrected chi connectivity index (χ0v) is 17.7. The molecule has 4 nitrogen and oxygen atoms in total. The van der Waals surface area contributed by atoms with Crippen LogP contribution in [0.2, 0.25) is 0 Å². The first kappa shape index (κ1) is 21.2. The Morgan fingerprint density at radius 3 is 2.06 bits per heavy atom. The number of rotatable bonds is 9. The number of nitrogens with one attached hydrogen (secondary N) is 1. The summed E-state index contributed by atoms with van der Waals surface area (Å²) in [5, 5.41) is 2.92. The standard InChI is InChI=1S/C28H25NO3/c30-28(24-12-7-13-27(20-24)32-21-23-10-5-2-6-11-23)29-25-14-16-26(17-15-25)31-19-18-22-8-3-1-4-9-22/h1-17,20H,18-19,21H2,(H,29,30). The van der Waals surface area contributed by atoms with Crippen LogP contribution in [0.5, 0.6) is 11.5 Å². The molecular weight excluding hydrogens is 398 g/mol. The Hall–Kier alpha value is -4.05. The Labute approximate surface area is 188 Å². The zero-order chi connectivity index (χ0) is 22.0. The maximum atomic E-state index is 12.7. The van der Waals surface area contributed by atoms with Gasteiger partial charge in [0.25, 0.3) is 5.91 Å². The van der Waals surface area contributed by atoms with Crippen LogP contribution in [0.25, 0.3) is 0 Å². The third-order valence-corrected chi connectivity index (χ3v) is 4.96. The highest BCUT2D eigenvalue weighted by atomic mass is 16.5. The van der Waals surface area contributed by atoms with E-state index in [2.05, 4.69) is 17.4 Å². The van der Waals surface area contributed by atoms with Gasteiger partial charge in [0.05, 0.1) is 6.61 Å². The van der Waals surface area contributed by atoms with Crippen LogP contribution >= 0.6 is 0 Å². The van der Waals surface area contributed by atoms with Crippen LogP contribution < -0.4 is 14.8 Å². The lowest BCUT2D eigenvalue weighted by Crippen LogP contribution is -2.12. The largest absolute Gasteiger partial charge is 0.493 e. The fourth-order valence-corrected chi connectivity index (χ4v) is 3.24. The highest BCUT2D eigenvalue weighted by molar-refractivity contribution is 6.04. The molecule has 0 bridgehead atoms. The van der Waals surface area contributed by atoms with Crippen molar-refractivity contribution >= 4 is 11.6 Å². The molecule has 1 amide bonds. The van der Waals surface area contributed by atoms with Crippen molar-refractivity contribution in [3.8, 4) is 11.5 Å². The lowest BCUT2D eigenvalue weighted by atomic mass is 10.2. The topological polar surface area (TPSA) is 47.6 Å². The average molecular weight is 424 g/mol. The summed E-state index contributed by atoms with van der Waals surface area (Å²) in [6, 6.07) is 34.7. The molecule has 1 N–H and O–H groups in total.